The van der Waals surface area contributed by atoms with Gasteiger partial charge in [-0.15, -0.1) is 0 Å². The van der Waals surface area contributed by atoms with Crippen LogP contribution in [0.15, 0.2) is 45.6 Å². The van der Waals surface area contributed by atoms with E-state index < -0.39 is 17.6 Å². The molecule has 3 rings (SSSR count). The van der Waals surface area contributed by atoms with Gasteiger partial charge in [0, 0.05) is 11.7 Å². The standard InChI is InChI=1S/C26H35N3O5S/c1-9-15(2)27-21(30)13-18-14-35-25-28-16(3)22(24(31)34-26(4,5)6)23(29(18)25)17-10-11-19(32-7)20(12-17)33-8/h10-12,14-15,23H,9,13H2,1-8H3,(H,27,30)/t15-,23+/m0/s1. The third-order valence-electron chi connectivity index (χ3n) is 5.70. The van der Waals surface area contributed by atoms with Crippen LogP contribution in [-0.4, -0.2) is 47.8 Å². The summed E-state index contributed by atoms with van der Waals surface area (Å²) in [5.74, 6) is 0.601. The summed E-state index contributed by atoms with van der Waals surface area (Å²) >= 11 is 1.44. The van der Waals surface area contributed by atoms with Gasteiger partial charge in [-0.3, -0.25) is 4.79 Å². The fraction of sp³-hybridized carbons (Fsp3) is 0.500. The number of rotatable bonds is 8. The number of benzene rings is 1. The van der Waals surface area contributed by atoms with Gasteiger partial charge in [0.25, 0.3) is 0 Å². The number of allylic oxidation sites excluding steroid dienone is 1. The van der Waals surface area contributed by atoms with E-state index in [-0.39, 0.29) is 18.4 Å². The number of carbonyl (C=O) groups excluding carboxylic acids is 2. The summed E-state index contributed by atoms with van der Waals surface area (Å²) in [6, 6.07) is 5.09. The van der Waals surface area contributed by atoms with Crippen LogP contribution in [0.5, 0.6) is 11.5 Å². The van der Waals surface area contributed by atoms with Crippen LogP contribution in [0.4, 0.5) is 0 Å². The summed E-state index contributed by atoms with van der Waals surface area (Å²) < 4.78 is 16.7. The monoisotopic (exact) mass is 501 g/mol. The first-order chi connectivity index (χ1) is 16.5. The van der Waals surface area contributed by atoms with Crippen molar-refractivity contribution >= 4 is 28.8 Å². The SMILES string of the molecule is CC[C@H](C)NC(=O)CC1=CSC2=NC(C)=C(C(=O)OC(C)(C)C)[C@@H](c3ccc(OC)c(OC)c3)N12. The van der Waals surface area contributed by atoms with Gasteiger partial charge in [-0.1, -0.05) is 24.8 Å². The minimum absolute atomic E-state index is 0.0766. The number of fused-ring (bicyclic) bond motifs is 1. The summed E-state index contributed by atoms with van der Waals surface area (Å²) in [6.07, 6.45) is 1.01. The van der Waals surface area contributed by atoms with Gasteiger partial charge in [0.2, 0.25) is 5.91 Å². The Balaban J connectivity index is 2.08. The molecule has 0 fully saturated rings. The first-order valence-corrected chi connectivity index (χ1v) is 12.6. The molecule has 35 heavy (non-hydrogen) atoms. The molecular weight excluding hydrogens is 466 g/mol. The highest BCUT2D eigenvalue weighted by molar-refractivity contribution is 8.16. The Kier molecular flexibility index (Phi) is 8.20. The lowest BCUT2D eigenvalue weighted by molar-refractivity contribution is -0.150. The highest BCUT2D eigenvalue weighted by Crippen LogP contribution is 2.46. The number of nitrogens with zero attached hydrogens (tertiary/aromatic N) is 2. The Morgan fingerprint density at radius 2 is 1.89 bits per heavy atom. The van der Waals surface area contributed by atoms with Crippen molar-refractivity contribution in [3.8, 4) is 11.5 Å². The lowest BCUT2D eigenvalue weighted by Crippen LogP contribution is -2.40. The average Bonchev–Trinajstić information content (AvgIpc) is 3.17. The van der Waals surface area contributed by atoms with Gasteiger partial charge in [-0.05, 0) is 64.1 Å². The van der Waals surface area contributed by atoms with Crippen LogP contribution in [-0.2, 0) is 14.3 Å². The molecule has 1 N–H and O–H groups in total. The van der Waals surface area contributed by atoms with Crippen LogP contribution in [0.25, 0.3) is 0 Å². The van der Waals surface area contributed by atoms with E-state index >= 15 is 0 Å². The van der Waals surface area contributed by atoms with E-state index in [1.807, 2.05) is 70.0 Å². The van der Waals surface area contributed by atoms with E-state index in [4.69, 9.17) is 19.2 Å². The molecule has 2 heterocycles. The van der Waals surface area contributed by atoms with Gasteiger partial charge >= 0.3 is 5.97 Å². The molecule has 9 heteroatoms. The Bertz CT molecular complexity index is 1090. The minimum atomic E-state index is -0.675. The van der Waals surface area contributed by atoms with Gasteiger partial charge in [0.05, 0.1) is 38.0 Å². The molecule has 1 amide bonds. The lowest BCUT2D eigenvalue weighted by atomic mass is 9.93. The second kappa shape index (κ2) is 10.8. The van der Waals surface area contributed by atoms with Crippen LogP contribution in [0, 0.1) is 0 Å². The van der Waals surface area contributed by atoms with Crippen molar-refractivity contribution in [2.24, 2.45) is 4.99 Å². The van der Waals surface area contributed by atoms with Crippen molar-refractivity contribution in [1.82, 2.24) is 10.2 Å². The van der Waals surface area contributed by atoms with Gasteiger partial charge in [-0.25, -0.2) is 9.79 Å². The maximum Gasteiger partial charge on any atom is 0.338 e. The van der Waals surface area contributed by atoms with Gasteiger partial charge in [-0.2, -0.15) is 0 Å². The molecule has 2 aliphatic heterocycles. The number of esters is 1. The van der Waals surface area contributed by atoms with E-state index in [0.717, 1.165) is 17.7 Å². The summed E-state index contributed by atoms with van der Waals surface area (Å²) in [6.45, 7) is 11.3. The highest BCUT2D eigenvalue weighted by atomic mass is 32.2. The molecule has 0 spiro atoms. The molecule has 0 aromatic heterocycles. The number of amidine groups is 1. The van der Waals surface area contributed by atoms with E-state index in [2.05, 4.69) is 5.32 Å². The zero-order valence-corrected chi connectivity index (χ0v) is 22.5. The van der Waals surface area contributed by atoms with Crippen LogP contribution < -0.4 is 14.8 Å². The second-order valence-corrected chi connectivity index (χ2v) is 10.4. The van der Waals surface area contributed by atoms with Gasteiger partial charge < -0.3 is 24.4 Å². The molecule has 0 radical (unpaired) electrons. The molecule has 0 aliphatic carbocycles. The fourth-order valence-corrected chi connectivity index (χ4v) is 4.86. The van der Waals surface area contributed by atoms with Crippen molar-refractivity contribution in [3.63, 3.8) is 0 Å². The summed E-state index contributed by atoms with van der Waals surface area (Å²) in [5.41, 5.74) is 1.89. The number of carbonyl (C=O) groups is 2. The van der Waals surface area contributed by atoms with Gasteiger partial charge in [0.15, 0.2) is 16.7 Å². The Morgan fingerprint density at radius 3 is 2.49 bits per heavy atom. The molecule has 2 aliphatic rings. The van der Waals surface area contributed by atoms with Crippen LogP contribution >= 0.6 is 11.8 Å². The van der Waals surface area contributed by atoms with E-state index in [1.165, 1.54) is 11.8 Å². The van der Waals surface area contributed by atoms with Crippen molar-refractivity contribution in [2.75, 3.05) is 14.2 Å². The first kappa shape index (κ1) is 26.7. The predicted molar refractivity (Wildman–Crippen MR) is 138 cm³/mol. The van der Waals surface area contributed by atoms with Crippen LogP contribution in [0.3, 0.4) is 0 Å². The number of nitrogens with one attached hydrogen (secondary N) is 1. The molecule has 1 aromatic rings. The highest BCUT2D eigenvalue weighted by Gasteiger charge is 2.42. The predicted octanol–water partition coefficient (Wildman–Crippen LogP) is 4.93. The quantitative estimate of drug-likeness (QED) is 0.506. The number of amides is 1. The summed E-state index contributed by atoms with van der Waals surface area (Å²) in [5, 5.41) is 5.65. The molecular formula is C26H35N3O5S. The fourth-order valence-electron chi connectivity index (χ4n) is 3.89. The van der Waals surface area contributed by atoms with E-state index in [0.29, 0.717) is 27.9 Å². The maximum atomic E-state index is 13.4. The number of hydrogen-bond donors (Lipinski definition) is 1. The molecule has 0 bridgehead atoms. The maximum absolute atomic E-state index is 13.4. The van der Waals surface area contributed by atoms with Crippen molar-refractivity contribution in [1.29, 1.82) is 0 Å². The average molecular weight is 502 g/mol. The first-order valence-electron chi connectivity index (χ1n) is 11.7. The van der Waals surface area contributed by atoms with Gasteiger partial charge in [0.1, 0.15) is 5.60 Å². The zero-order valence-electron chi connectivity index (χ0n) is 21.7. The number of hydrogen-bond acceptors (Lipinski definition) is 8. The van der Waals surface area contributed by atoms with Crippen LogP contribution in [0.2, 0.25) is 0 Å². The molecule has 0 saturated heterocycles. The smallest absolute Gasteiger partial charge is 0.338 e. The molecule has 8 nitrogen and oxygen atoms in total. The minimum Gasteiger partial charge on any atom is -0.493 e. The molecule has 1 aromatic carbocycles. The molecule has 190 valence electrons. The van der Waals surface area contributed by atoms with Crippen molar-refractivity contribution in [3.05, 3.63) is 46.1 Å². The van der Waals surface area contributed by atoms with Crippen molar-refractivity contribution < 1.29 is 23.8 Å². The molecule has 0 saturated carbocycles. The molecule has 0 unspecified atom stereocenters. The zero-order chi connectivity index (χ0) is 25.9. The number of aliphatic imine (C=N–C) groups is 1. The third kappa shape index (κ3) is 6.01. The molecule has 2 atom stereocenters. The van der Waals surface area contributed by atoms with Crippen LogP contribution in [0.1, 0.15) is 66.0 Å². The second-order valence-electron chi connectivity index (χ2n) is 9.56. The topological polar surface area (TPSA) is 89.5 Å². The lowest BCUT2D eigenvalue weighted by Gasteiger charge is -2.37. The largest absolute Gasteiger partial charge is 0.493 e. The third-order valence-corrected chi connectivity index (χ3v) is 6.59. The number of ether oxygens (including phenoxy) is 3. The number of thioether (sulfide) groups is 1. The Morgan fingerprint density at radius 1 is 1.20 bits per heavy atom. The van der Waals surface area contributed by atoms with E-state index in [9.17, 15) is 9.59 Å². The summed E-state index contributed by atoms with van der Waals surface area (Å²) in [4.78, 5) is 32.9. The Labute approximate surface area is 211 Å². The normalized spacial score (nSPS) is 18.4. The van der Waals surface area contributed by atoms with Crippen molar-refractivity contribution in [2.45, 2.75) is 72.1 Å². The Hall–Kier alpha value is -2.94. The summed E-state index contributed by atoms with van der Waals surface area (Å²) in [7, 11) is 3.15. The van der Waals surface area contributed by atoms with E-state index in [1.54, 1.807) is 14.2 Å². The number of methoxy groups -OCH3 is 2.